The van der Waals surface area contributed by atoms with Gasteiger partial charge in [-0.3, -0.25) is 4.79 Å². The molecule has 32 heavy (non-hydrogen) atoms. The Morgan fingerprint density at radius 2 is 2.06 bits per heavy atom. The Morgan fingerprint density at radius 3 is 2.72 bits per heavy atom. The second-order valence-electron chi connectivity index (χ2n) is 8.85. The number of nitrogens with one attached hydrogen (secondary N) is 2. The van der Waals surface area contributed by atoms with Crippen molar-refractivity contribution >= 4 is 5.91 Å². The first kappa shape index (κ1) is 26.1. The number of benzene rings is 1. The van der Waals surface area contributed by atoms with Crippen molar-refractivity contribution in [3.05, 3.63) is 54.6 Å². The lowest BCUT2D eigenvalue weighted by Crippen LogP contribution is -2.48. The van der Waals surface area contributed by atoms with Crippen molar-refractivity contribution in [2.75, 3.05) is 20.3 Å². The van der Waals surface area contributed by atoms with E-state index in [-0.39, 0.29) is 24.1 Å². The highest BCUT2D eigenvalue weighted by atomic mass is 16.5. The maximum absolute atomic E-state index is 12.3. The average molecular weight is 445 g/mol. The molecule has 1 aromatic carbocycles. The quantitative estimate of drug-likeness (QED) is 0.279. The lowest BCUT2D eigenvalue weighted by atomic mass is 9.98. The molecule has 0 spiro atoms. The van der Waals surface area contributed by atoms with Gasteiger partial charge in [-0.15, -0.1) is 13.2 Å². The minimum Gasteiger partial charge on any atom is -0.497 e. The lowest BCUT2D eigenvalue weighted by Gasteiger charge is -2.27. The number of aliphatic hydroxyl groups is 1. The summed E-state index contributed by atoms with van der Waals surface area (Å²) in [6.07, 6.45) is 6.36. The molecule has 0 saturated heterocycles. The fraction of sp³-hybridized carbons (Fsp3) is 0.577. The van der Waals surface area contributed by atoms with Crippen LogP contribution < -0.4 is 15.4 Å². The van der Waals surface area contributed by atoms with Gasteiger partial charge in [-0.1, -0.05) is 32.1 Å². The van der Waals surface area contributed by atoms with Gasteiger partial charge < -0.3 is 25.2 Å². The summed E-state index contributed by atoms with van der Waals surface area (Å²) in [5.74, 6) is 1.13. The van der Waals surface area contributed by atoms with Gasteiger partial charge in [0, 0.05) is 19.0 Å². The number of allylic oxidation sites excluding steroid dienone is 1. The minimum absolute atomic E-state index is 0.0228. The molecule has 6 heteroatoms. The number of ether oxygens (including phenoxy) is 2. The first-order chi connectivity index (χ1) is 15.4. The largest absolute Gasteiger partial charge is 0.497 e. The van der Waals surface area contributed by atoms with Crippen molar-refractivity contribution in [3.63, 3.8) is 0 Å². The first-order valence-electron chi connectivity index (χ1n) is 11.6. The summed E-state index contributed by atoms with van der Waals surface area (Å²) in [6, 6.07) is 5.76. The fourth-order valence-electron chi connectivity index (χ4n) is 4.19. The molecular formula is C26H40N2O4. The highest BCUT2D eigenvalue weighted by Crippen LogP contribution is 2.42. The highest BCUT2D eigenvalue weighted by molar-refractivity contribution is 5.76. The van der Waals surface area contributed by atoms with Crippen LogP contribution >= 0.6 is 0 Å². The molecule has 0 bridgehead atoms. The number of rotatable bonds is 15. The molecule has 0 aromatic heterocycles. The summed E-state index contributed by atoms with van der Waals surface area (Å²) < 4.78 is 11.4. The van der Waals surface area contributed by atoms with E-state index in [1.807, 2.05) is 24.3 Å². The van der Waals surface area contributed by atoms with Crippen LogP contribution in [-0.4, -0.2) is 43.4 Å². The van der Waals surface area contributed by atoms with Crippen LogP contribution in [0.1, 0.15) is 69.2 Å². The Bertz CT molecular complexity index is 749. The van der Waals surface area contributed by atoms with Crippen molar-refractivity contribution in [2.45, 2.75) is 70.2 Å². The zero-order valence-corrected chi connectivity index (χ0v) is 19.8. The van der Waals surface area contributed by atoms with E-state index in [4.69, 9.17) is 9.47 Å². The number of aliphatic hydroxyl groups excluding tert-OH is 1. The van der Waals surface area contributed by atoms with Crippen LogP contribution in [0.2, 0.25) is 0 Å². The predicted molar refractivity (Wildman–Crippen MR) is 129 cm³/mol. The van der Waals surface area contributed by atoms with E-state index < -0.39 is 6.10 Å². The highest BCUT2D eigenvalue weighted by Gasteiger charge is 2.33. The third-order valence-corrected chi connectivity index (χ3v) is 5.80. The summed E-state index contributed by atoms with van der Waals surface area (Å²) in [5.41, 5.74) is 2.26. The first-order valence-corrected chi connectivity index (χ1v) is 11.6. The number of hydrogen-bond donors (Lipinski definition) is 3. The van der Waals surface area contributed by atoms with E-state index in [0.717, 1.165) is 42.6 Å². The lowest BCUT2D eigenvalue weighted by molar-refractivity contribution is -0.122. The van der Waals surface area contributed by atoms with Crippen molar-refractivity contribution in [1.82, 2.24) is 10.6 Å². The van der Waals surface area contributed by atoms with Gasteiger partial charge in [0.15, 0.2) is 0 Å². The van der Waals surface area contributed by atoms with Crippen LogP contribution in [0, 0.1) is 5.92 Å². The van der Waals surface area contributed by atoms with E-state index in [0.29, 0.717) is 25.5 Å². The van der Waals surface area contributed by atoms with Gasteiger partial charge in [-0.2, -0.15) is 0 Å². The summed E-state index contributed by atoms with van der Waals surface area (Å²) >= 11 is 0. The molecule has 1 aliphatic carbocycles. The predicted octanol–water partition coefficient (Wildman–Crippen LogP) is 4.22. The third kappa shape index (κ3) is 7.76. The van der Waals surface area contributed by atoms with Gasteiger partial charge in [0.05, 0.1) is 32.0 Å². The Morgan fingerprint density at radius 1 is 1.28 bits per heavy atom. The molecule has 1 amide bonds. The Balaban J connectivity index is 2.03. The molecule has 0 heterocycles. The molecule has 0 radical (unpaired) electrons. The number of fused-ring (bicyclic) bond motifs is 1. The van der Waals surface area contributed by atoms with E-state index in [9.17, 15) is 9.90 Å². The molecule has 0 fully saturated rings. The average Bonchev–Trinajstić information content (AvgIpc) is 3.12. The van der Waals surface area contributed by atoms with E-state index in [2.05, 4.69) is 37.6 Å². The van der Waals surface area contributed by atoms with Crippen LogP contribution in [0.25, 0.3) is 0 Å². The summed E-state index contributed by atoms with van der Waals surface area (Å²) in [6.45, 7) is 12.5. The summed E-state index contributed by atoms with van der Waals surface area (Å²) in [5, 5.41) is 17.5. The maximum Gasteiger partial charge on any atom is 0.220 e. The van der Waals surface area contributed by atoms with Gasteiger partial charge in [-0.05, 0) is 54.9 Å². The van der Waals surface area contributed by atoms with Crippen LogP contribution in [0.3, 0.4) is 0 Å². The van der Waals surface area contributed by atoms with Gasteiger partial charge in [0.2, 0.25) is 5.91 Å². The topological polar surface area (TPSA) is 79.8 Å². The van der Waals surface area contributed by atoms with Crippen molar-refractivity contribution < 1.29 is 19.4 Å². The molecule has 2 rings (SSSR count). The molecule has 1 aliphatic rings. The Labute approximate surface area is 193 Å². The fourth-order valence-corrected chi connectivity index (χ4v) is 4.19. The number of unbranched alkanes of at least 4 members (excludes halogenated alkanes) is 1. The number of methoxy groups -OCH3 is 1. The van der Waals surface area contributed by atoms with E-state index >= 15 is 0 Å². The standard InChI is InChI=1S/C26H40N2O4/c1-6-8-9-10-26(30)28-23(14-18(3)4)24(29)17-27-22-16-25(32-13-7-2)20-12-11-19(31-5)15-21(20)22/h6-7,11-12,15,18,22-25,27,29H,1-2,8-10,13-14,16-17H2,3-5H3,(H,28,30)/t22-,23-,24-,25+/m0/s1. The Hall–Kier alpha value is -2.15. The van der Waals surface area contributed by atoms with Crippen LogP contribution in [-0.2, 0) is 9.53 Å². The Kier molecular flexibility index (Phi) is 10.9. The molecule has 3 N–H and O–H groups in total. The summed E-state index contributed by atoms with van der Waals surface area (Å²) in [4.78, 5) is 12.3. The molecule has 0 saturated carbocycles. The number of carbonyl (C=O) groups is 1. The second kappa shape index (κ2) is 13.4. The summed E-state index contributed by atoms with van der Waals surface area (Å²) in [7, 11) is 1.66. The second-order valence-corrected chi connectivity index (χ2v) is 8.85. The molecular weight excluding hydrogens is 404 g/mol. The van der Waals surface area contributed by atoms with Crippen LogP contribution in [0.15, 0.2) is 43.5 Å². The third-order valence-electron chi connectivity index (χ3n) is 5.80. The normalized spacial score (nSPS) is 19.3. The van der Waals surface area contributed by atoms with Crippen LogP contribution in [0.5, 0.6) is 5.75 Å². The van der Waals surface area contributed by atoms with Crippen molar-refractivity contribution in [3.8, 4) is 5.75 Å². The number of carbonyl (C=O) groups excluding carboxylic acids is 1. The molecule has 178 valence electrons. The van der Waals surface area contributed by atoms with Crippen molar-refractivity contribution in [2.24, 2.45) is 5.92 Å². The molecule has 1 aromatic rings. The monoisotopic (exact) mass is 444 g/mol. The van der Waals surface area contributed by atoms with Gasteiger partial charge in [0.1, 0.15) is 5.75 Å². The molecule has 0 unspecified atom stereocenters. The minimum atomic E-state index is -0.692. The SMILES string of the molecule is C=CCCCC(=O)N[C@@H](CC(C)C)[C@@H](O)CN[C@H]1C[C@@H](OCC=C)c2ccc(OC)cc21. The molecule has 0 aliphatic heterocycles. The maximum atomic E-state index is 12.3. The van der Waals surface area contributed by atoms with Gasteiger partial charge in [0.25, 0.3) is 0 Å². The van der Waals surface area contributed by atoms with E-state index in [1.54, 1.807) is 13.2 Å². The van der Waals surface area contributed by atoms with Gasteiger partial charge >= 0.3 is 0 Å². The zero-order valence-electron chi connectivity index (χ0n) is 19.8. The van der Waals surface area contributed by atoms with Gasteiger partial charge in [-0.25, -0.2) is 0 Å². The molecule has 4 atom stereocenters. The van der Waals surface area contributed by atoms with E-state index in [1.165, 1.54) is 0 Å². The number of amides is 1. The smallest absolute Gasteiger partial charge is 0.220 e. The molecule has 6 nitrogen and oxygen atoms in total. The zero-order chi connectivity index (χ0) is 23.5. The van der Waals surface area contributed by atoms with Crippen molar-refractivity contribution in [1.29, 1.82) is 0 Å². The number of hydrogen-bond acceptors (Lipinski definition) is 5. The van der Waals surface area contributed by atoms with Crippen LogP contribution in [0.4, 0.5) is 0 Å².